The first-order valence-electron chi connectivity index (χ1n) is 7.32. The molecule has 0 atom stereocenters. The molecule has 2 aliphatic rings. The molecule has 0 aliphatic carbocycles. The molecule has 0 saturated heterocycles. The summed E-state index contributed by atoms with van der Waals surface area (Å²) < 4.78 is 21.1. The molecule has 24 heavy (non-hydrogen) atoms. The van der Waals surface area contributed by atoms with E-state index in [1.54, 1.807) is 36.4 Å². The second kappa shape index (κ2) is 5.77. The topological polar surface area (TPSA) is 80.1 Å². The van der Waals surface area contributed by atoms with Crippen molar-refractivity contribution in [3.63, 3.8) is 0 Å². The molecule has 0 radical (unpaired) electrons. The van der Waals surface area contributed by atoms with Crippen molar-refractivity contribution in [2.75, 3.05) is 13.6 Å². The molecule has 0 bridgehead atoms. The monoisotopic (exact) mass is 327 g/mol. The second-order valence-corrected chi connectivity index (χ2v) is 5.37. The van der Waals surface area contributed by atoms with Crippen molar-refractivity contribution >= 4 is 6.08 Å². The van der Waals surface area contributed by atoms with Crippen LogP contribution in [0.3, 0.4) is 0 Å². The van der Waals surface area contributed by atoms with E-state index >= 15 is 0 Å². The van der Waals surface area contributed by atoms with Crippen LogP contribution in [-0.4, -0.2) is 18.5 Å². The van der Waals surface area contributed by atoms with Gasteiger partial charge in [-0.25, -0.2) is 0 Å². The van der Waals surface area contributed by atoms with Crippen molar-refractivity contribution in [1.29, 1.82) is 0 Å². The molecule has 0 saturated carbocycles. The van der Waals surface area contributed by atoms with E-state index in [-0.39, 0.29) is 30.6 Å². The fourth-order valence-corrected chi connectivity index (χ4v) is 2.62. The predicted molar refractivity (Wildman–Crippen MR) is 83.8 cm³/mol. The summed E-state index contributed by atoms with van der Waals surface area (Å²) in [5, 5.41) is 11.4. The Hall–Kier alpha value is -3.22. The normalized spacial score (nSPS) is 14.8. The molecule has 2 aromatic rings. The van der Waals surface area contributed by atoms with Crippen molar-refractivity contribution in [3.05, 3.63) is 63.3 Å². The van der Waals surface area contributed by atoms with Crippen LogP contribution in [0.1, 0.15) is 11.1 Å². The summed E-state index contributed by atoms with van der Waals surface area (Å²) in [6.07, 6.45) is 1.71. The second-order valence-electron chi connectivity index (χ2n) is 5.37. The molecule has 0 spiro atoms. The Labute approximate surface area is 137 Å². The first-order valence-corrected chi connectivity index (χ1v) is 7.32. The quantitative estimate of drug-likeness (QED) is 0.634. The first-order chi connectivity index (χ1) is 11.7. The highest BCUT2D eigenvalue weighted by atomic mass is 16.7. The molecule has 0 unspecified atom stereocenters. The zero-order chi connectivity index (χ0) is 16.5. The van der Waals surface area contributed by atoms with Gasteiger partial charge in [0.05, 0.1) is 11.3 Å². The van der Waals surface area contributed by atoms with Gasteiger partial charge in [0.25, 0.3) is 5.70 Å². The van der Waals surface area contributed by atoms with Crippen molar-refractivity contribution < 1.29 is 23.9 Å². The minimum absolute atomic E-state index is 0.0766. The number of fused-ring (bicyclic) bond motifs is 2. The van der Waals surface area contributed by atoms with Gasteiger partial charge in [0, 0.05) is 6.08 Å². The van der Waals surface area contributed by atoms with E-state index in [0.29, 0.717) is 28.6 Å². The summed E-state index contributed by atoms with van der Waals surface area (Å²) >= 11 is 0. The molecule has 0 fully saturated rings. The molecule has 2 aromatic carbocycles. The van der Waals surface area contributed by atoms with Crippen LogP contribution >= 0.6 is 0 Å². The Kier molecular flexibility index (Phi) is 3.45. The van der Waals surface area contributed by atoms with Crippen LogP contribution in [0.15, 0.2) is 42.1 Å². The third-order valence-corrected chi connectivity index (χ3v) is 3.79. The molecule has 0 N–H and O–H groups in total. The van der Waals surface area contributed by atoms with E-state index in [4.69, 9.17) is 18.9 Å². The number of nitro groups is 1. The summed E-state index contributed by atoms with van der Waals surface area (Å²) in [6.45, 7) is 0.343. The van der Waals surface area contributed by atoms with Gasteiger partial charge in [-0.15, -0.1) is 0 Å². The highest BCUT2D eigenvalue weighted by molar-refractivity contribution is 5.58. The van der Waals surface area contributed by atoms with Crippen molar-refractivity contribution in [2.45, 2.75) is 6.42 Å². The van der Waals surface area contributed by atoms with Crippen LogP contribution in [0.25, 0.3) is 6.08 Å². The number of nitrogens with zero attached hydrogens (tertiary/aromatic N) is 1. The van der Waals surface area contributed by atoms with Crippen LogP contribution in [0.4, 0.5) is 0 Å². The van der Waals surface area contributed by atoms with Gasteiger partial charge in [-0.05, 0) is 35.4 Å². The zero-order valence-corrected chi connectivity index (χ0v) is 12.6. The zero-order valence-electron chi connectivity index (χ0n) is 12.6. The highest BCUT2D eigenvalue weighted by Crippen LogP contribution is 2.34. The maximum absolute atomic E-state index is 11.4. The van der Waals surface area contributed by atoms with Crippen molar-refractivity contribution in [3.8, 4) is 23.0 Å². The summed E-state index contributed by atoms with van der Waals surface area (Å²) in [5.74, 6) is 2.50. The van der Waals surface area contributed by atoms with Crippen LogP contribution < -0.4 is 18.9 Å². The van der Waals surface area contributed by atoms with E-state index in [0.717, 1.165) is 5.56 Å². The van der Waals surface area contributed by atoms with Crippen molar-refractivity contribution in [2.24, 2.45) is 0 Å². The van der Waals surface area contributed by atoms with Gasteiger partial charge in [-0.3, -0.25) is 10.1 Å². The molecule has 7 nitrogen and oxygen atoms in total. The molecule has 2 heterocycles. The Balaban J connectivity index is 1.61. The minimum atomic E-state index is -0.380. The van der Waals surface area contributed by atoms with Crippen LogP contribution in [0.2, 0.25) is 0 Å². The van der Waals surface area contributed by atoms with E-state index < -0.39 is 0 Å². The van der Waals surface area contributed by atoms with Gasteiger partial charge in [0.15, 0.2) is 23.0 Å². The number of hydrogen-bond acceptors (Lipinski definition) is 6. The van der Waals surface area contributed by atoms with Gasteiger partial charge in [-0.1, -0.05) is 12.1 Å². The molecule has 4 rings (SSSR count). The lowest BCUT2D eigenvalue weighted by molar-refractivity contribution is -0.425. The fraction of sp³-hybridized carbons (Fsp3) is 0.176. The van der Waals surface area contributed by atoms with Crippen LogP contribution in [0.5, 0.6) is 23.0 Å². The van der Waals surface area contributed by atoms with Crippen molar-refractivity contribution in [1.82, 2.24) is 0 Å². The van der Waals surface area contributed by atoms with E-state index in [1.165, 1.54) is 6.08 Å². The summed E-state index contributed by atoms with van der Waals surface area (Å²) in [6, 6.07) is 10.5. The SMILES string of the molecule is O=[N+]([O-])/C(=C/c1ccc2c(c1)OCO2)Cc1ccc2c(c1)OCO2. The Morgan fingerprint density at radius 2 is 1.58 bits per heavy atom. The summed E-state index contributed by atoms with van der Waals surface area (Å²) in [4.78, 5) is 11.0. The minimum Gasteiger partial charge on any atom is -0.454 e. The van der Waals surface area contributed by atoms with Gasteiger partial charge in [0.1, 0.15) is 0 Å². The number of rotatable bonds is 4. The van der Waals surface area contributed by atoms with Gasteiger partial charge >= 0.3 is 0 Å². The molecule has 122 valence electrons. The van der Waals surface area contributed by atoms with Gasteiger partial charge in [-0.2, -0.15) is 0 Å². The Bertz CT molecular complexity index is 845. The molecule has 0 aromatic heterocycles. The summed E-state index contributed by atoms with van der Waals surface area (Å²) in [7, 11) is 0. The smallest absolute Gasteiger partial charge is 0.251 e. The maximum atomic E-state index is 11.4. The third kappa shape index (κ3) is 2.71. The molecule has 0 amide bonds. The van der Waals surface area contributed by atoms with E-state index in [1.807, 2.05) is 0 Å². The van der Waals surface area contributed by atoms with Gasteiger partial charge < -0.3 is 18.9 Å². The lowest BCUT2D eigenvalue weighted by atomic mass is 10.1. The molecular weight excluding hydrogens is 314 g/mol. The predicted octanol–water partition coefficient (Wildman–Crippen LogP) is 3.00. The van der Waals surface area contributed by atoms with Crippen LogP contribution in [0, 0.1) is 10.1 Å². The Morgan fingerprint density at radius 1 is 0.958 bits per heavy atom. The third-order valence-electron chi connectivity index (χ3n) is 3.79. The van der Waals surface area contributed by atoms with E-state index in [9.17, 15) is 10.1 Å². The molecule has 7 heteroatoms. The first kappa shape index (κ1) is 14.4. The molecular formula is C17H13NO6. The number of benzene rings is 2. The van der Waals surface area contributed by atoms with E-state index in [2.05, 4.69) is 0 Å². The number of ether oxygens (including phenoxy) is 4. The maximum Gasteiger partial charge on any atom is 0.251 e. The lowest BCUT2D eigenvalue weighted by Crippen LogP contribution is -2.02. The standard InChI is InChI=1S/C17H13NO6/c19-18(20)13(5-11-1-3-14-16(7-11)23-9-21-14)6-12-2-4-15-17(8-12)24-10-22-15/h1-5,7-8H,6,9-10H2/b13-5+. The van der Waals surface area contributed by atoms with Gasteiger partial charge in [0.2, 0.25) is 13.6 Å². The van der Waals surface area contributed by atoms with Crippen LogP contribution in [-0.2, 0) is 6.42 Å². The molecule has 2 aliphatic heterocycles. The number of hydrogen-bond donors (Lipinski definition) is 0. The largest absolute Gasteiger partial charge is 0.454 e. The lowest BCUT2D eigenvalue weighted by Gasteiger charge is -2.03. The Morgan fingerprint density at radius 3 is 2.29 bits per heavy atom. The summed E-state index contributed by atoms with van der Waals surface area (Å²) in [5.41, 5.74) is 1.54. The highest BCUT2D eigenvalue weighted by Gasteiger charge is 2.18. The average molecular weight is 327 g/mol. The average Bonchev–Trinajstić information content (AvgIpc) is 3.22. The number of allylic oxidation sites excluding steroid dienone is 1. The fourth-order valence-electron chi connectivity index (χ4n) is 2.62.